The van der Waals surface area contributed by atoms with E-state index in [1.54, 1.807) is 0 Å². The first-order valence-corrected chi connectivity index (χ1v) is 6.46. The molecule has 3 atom stereocenters. The average Bonchev–Trinajstić information content (AvgIpc) is 2.61. The zero-order chi connectivity index (χ0) is 11.9. The highest BCUT2D eigenvalue weighted by Crippen LogP contribution is 2.35. The Hall–Kier alpha value is -0.570. The molecule has 0 spiro atoms. The molecular formula is C13H23NO2. The second kappa shape index (κ2) is 4.36. The lowest BCUT2D eigenvalue weighted by atomic mass is 9.93. The molecule has 3 nitrogen and oxygen atoms in total. The fourth-order valence-corrected chi connectivity index (χ4v) is 2.88. The average molecular weight is 225 g/mol. The molecule has 16 heavy (non-hydrogen) atoms. The summed E-state index contributed by atoms with van der Waals surface area (Å²) in [6.07, 6.45) is 2.17. The third kappa shape index (κ3) is 1.86. The zero-order valence-corrected chi connectivity index (χ0v) is 10.8. The summed E-state index contributed by atoms with van der Waals surface area (Å²) in [7, 11) is 0. The van der Waals surface area contributed by atoms with E-state index in [1.807, 2.05) is 4.90 Å². The van der Waals surface area contributed by atoms with Crippen LogP contribution in [0.5, 0.6) is 0 Å². The number of carbonyl (C=O) groups is 1. The van der Waals surface area contributed by atoms with Crippen LogP contribution in [0.15, 0.2) is 0 Å². The standard InChI is InChI=1S/C13H23NO2/c1-8(2)10-7-16-12-6-5-11(9(3)4)14(12)13(10)15/h8-12H,5-7H2,1-4H3/t10-,11+,12+/m1/s1. The third-order valence-corrected chi connectivity index (χ3v) is 3.99. The molecule has 2 rings (SSSR count). The fourth-order valence-electron chi connectivity index (χ4n) is 2.88. The number of rotatable bonds is 2. The van der Waals surface area contributed by atoms with Gasteiger partial charge < -0.3 is 9.64 Å². The van der Waals surface area contributed by atoms with Crippen molar-refractivity contribution in [2.45, 2.75) is 52.8 Å². The molecule has 2 fully saturated rings. The zero-order valence-electron chi connectivity index (χ0n) is 10.8. The van der Waals surface area contributed by atoms with Gasteiger partial charge >= 0.3 is 0 Å². The molecule has 0 bridgehead atoms. The van der Waals surface area contributed by atoms with Gasteiger partial charge in [0.05, 0.1) is 12.5 Å². The maximum Gasteiger partial charge on any atom is 0.230 e. The van der Waals surface area contributed by atoms with Crippen LogP contribution in [-0.2, 0) is 9.53 Å². The highest BCUT2D eigenvalue weighted by atomic mass is 16.5. The van der Waals surface area contributed by atoms with E-state index in [1.165, 1.54) is 0 Å². The highest BCUT2D eigenvalue weighted by Gasteiger charge is 2.45. The van der Waals surface area contributed by atoms with Crippen LogP contribution in [0.4, 0.5) is 0 Å². The van der Waals surface area contributed by atoms with Crippen molar-refractivity contribution in [1.29, 1.82) is 0 Å². The maximum absolute atomic E-state index is 12.4. The predicted octanol–water partition coefficient (Wildman–Crippen LogP) is 2.26. The molecule has 2 saturated heterocycles. The molecule has 0 radical (unpaired) electrons. The van der Waals surface area contributed by atoms with Crippen LogP contribution in [0.2, 0.25) is 0 Å². The number of carbonyl (C=O) groups excluding carboxylic acids is 1. The second-order valence-corrected chi connectivity index (χ2v) is 5.77. The minimum Gasteiger partial charge on any atom is -0.357 e. The largest absolute Gasteiger partial charge is 0.357 e. The summed E-state index contributed by atoms with van der Waals surface area (Å²) in [6.45, 7) is 9.21. The lowest BCUT2D eigenvalue weighted by Gasteiger charge is -2.40. The minimum atomic E-state index is 0.0647. The molecule has 0 N–H and O–H groups in total. The molecule has 1 amide bonds. The third-order valence-electron chi connectivity index (χ3n) is 3.99. The summed E-state index contributed by atoms with van der Waals surface area (Å²) < 4.78 is 5.83. The topological polar surface area (TPSA) is 29.5 Å². The minimum absolute atomic E-state index is 0.0647. The van der Waals surface area contributed by atoms with Crippen LogP contribution in [0, 0.1) is 17.8 Å². The van der Waals surface area contributed by atoms with Crippen LogP contribution in [0.3, 0.4) is 0 Å². The van der Waals surface area contributed by atoms with E-state index < -0.39 is 0 Å². The molecule has 0 aromatic carbocycles. The Morgan fingerprint density at radius 3 is 2.44 bits per heavy atom. The number of fused-ring (bicyclic) bond motifs is 1. The van der Waals surface area contributed by atoms with Crippen LogP contribution in [0.25, 0.3) is 0 Å². The van der Waals surface area contributed by atoms with Crippen molar-refractivity contribution in [2.75, 3.05) is 6.61 Å². The monoisotopic (exact) mass is 225 g/mol. The first-order chi connectivity index (χ1) is 7.52. The molecule has 0 aromatic rings. The SMILES string of the molecule is CC(C)[C@H]1CO[C@H]2CC[C@@H](C(C)C)N2C1=O. The predicted molar refractivity (Wildman–Crippen MR) is 62.8 cm³/mol. The van der Waals surface area contributed by atoms with Gasteiger partial charge in [0.25, 0.3) is 0 Å². The van der Waals surface area contributed by atoms with Gasteiger partial charge in [-0.1, -0.05) is 27.7 Å². The number of nitrogens with zero attached hydrogens (tertiary/aromatic N) is 1. The Bertz CT molecular complexity index is 275. The van der Waals surface area contributed by atoms with Gasteiger partial charge in [-0.2, -0.15) is 0 Å². The molecule has 2 heterocycles. The summed E-state index contributed by atoms with van der Waals surface area (Å²) in [5.74, 6) is 1.29. The Labute approximate surface area is 98.1 Å². The highest BCUT2D eigenvalue weighted by molar-refractivity contribution is 5.80. The van der Waals surface area contributed by atoms with Crippen LogP contribution in [0.1, 0.15) is 40.5 Å². The number of hydrogen-bond donors (Lipinski definition) is 0. The maximum atomic E-state index is 12.4. The summed E-state index contributed by atoms with van der Waals surface area (Å²) >= 11 is 0. The van der Waals surface area contributed by atoms with E-state index in [0.717, 1.165) is 12.8 Å². The van der Waals surface area contributed by atoms with E-state index in [2.05, 4.69) is 27.7 Å². The van der Waals surface area contributed by atoms with Gasteiger partial charge in [0, 0.05) is 6.04 Å². The Morgan fingerprint density at radius 2 is 1.88 bits per heavy atom. The summed E-state index contributed by atoms with van der Waals surface area (Å²) in [6, 6.07) is 0.388. The smallest absolute Gasteiger partial charge is 0.230 e. The van der Waals surface area contributed by atoms with Gasteiger partial charge in [-0.25, -0.2) is 0 Å². The summed E-state index contributed by atoms with van der Waals surface area (Å²) in [5, 5.41) is 0. The first kappa shape index (κ1) is 11.9. The van der Waals surface area contributed by atoms with Crippen LogP contribution < -0.4 is 0 Å². The fraction of sp³-hybridized carbons (Fsp3) is 0.923. The summed E-state index contributed by atoms with van der Waals surface area (Å²) in [4.78, 5) is 14.4. The van der Waals surface area contributed by atoms with E-state index in [-0.39, 0.29) is 12.1 Å². The van der Waals surface area contributed by atoms with Crippen molar-refractivity contribution in [1.82, 2.24) is 4.90 Å². The second-order valence-electron chi connectivity index (χ2n) is 5.77. The quantitative estimate of drug-likeness (QED) is 0.721. The number of amides is 1. The van der Waals surface area contributed by atoms with Gasteiger partial charge in [0.1, 0.15) is 6.23 Å². The molecular weight excluding hydrogens is 202 g/mol. The van der Waals surface area contributed by atoms with E-state index in [0.29, 0.717) is 30.4 Å². The van der Waals surface area contributed by atoms with Crippen LogP contribution >= 0.6 is 0 Å². The lowest BCUT2D eigenvalue weighted by Crippen LogP contribution is -2.53. The van der Waals surface area contributed by atoms with Crippen molar-refractivity contribution in [2.24, 2.45) is 17.8 Å². The molecule has 0 saturated carbocycles. The van der Waals surface area contributed by atoms with E-state index >= 15 is 0 Å². The van der Waals surface area contributed by atoms with Gasteiger partial charge in [-0.05, 0) is 24.7 Å². The van der Waals surface area contributed by atoms with Gasteiger partial charge in [0.2, 0.25) is 5.91 Å². The number of ether oxygens (including phenoxy) is 1. The van der Waals surface area contributed by atoms with Crippen molar-refractivity contribution in [3.63, 3.8) is 0 Å². The van der Waals surface area contributed by atoms with Crippen LogP contribution in [-0.4, -0.2) is 29.7 Å². The van der Waals surface area contributed by atoms with E-state index in [4.69, 9.17) is 4.74 Å². The van der Waals surface area contributed by atoms with Crippen molar-refractivity contribution in [3.8, 4) is 0 Å². The molecule has 0 aliphatic carbocycles. The molecule has 2 aliphatic heterocycles. The van der Waals surface area contributed by atoms with Gasteiger partial charge in [-0.3, -0.25) is 4.79 Å². The Kier molecular flexibility index (Phi) is 3.24. The lowest BCUT2D eigenvalue weighted by molar-refractivity contribution is -0.172. The van der Waals surface area contributed by atoms with Gasteiger partial charge in [-0.15, -0.1) is 0 Å². The van der Waals surface area contributed by atoms with Crippen molar-refractivity contribution < 1.29 is 9.53 Å². The summed E-state index contributed by atoms with van der Waals surface area (Å²) in [5.41, 5.74) is 0. The van der Waals surface area contributed by atoms with Crippen molar-refractivity contribution >= 4 is 5.91 Å². The molecule has 0 unspecified atom stereocenters. The molecule has 0 aromatic heterocycles. The van der Waals surface area contributed by atoms with Crippen molar-refractivity contribution in [3.05, 3.63) is 0 Å². The van der Waals surface area contributed by atoms with Gasteiger partial charge in [0.15, 0.2) is 0 Å². The normalized spacial score (nSPS) is 35.0. The molecule has 2 aliphatic rings. The molecule has 92 valence electrons. The first-order valence-electron chi connectivity index (χ1n) is 6.46. The molecule has 3 heteroatoms. The van der Waals surface area contributed by atoms with E-state index in [9.17, 15) is 4.79 Å². The number of hydrogen-bond acceptors (Lipinski definition) is 2. The Balaban J connectivity index is 2.16. The Morgan fingerprint density at radius 1 is 1.19 bits per heavy atom.